The number of aromatic amines is 1. The van der Waals surface area contributed by atoms with Gasteiger partial charge in [0, 0.05) is 35.4 Å². The number of hydrogen-bond donors (Lipinski definition) is 2. The molecule has 3 heterocycles. The van der Waals surface area contributed by atoms with E-state index in [0.717, 1.165) is 27.5 Å². The molecule has 0 saturated carbocycles. The average Bonchev–Trinajstić information content (AvgIpc) is 3.59. The number of imidazole rings is 1. The van der Waals surface area contributed by atoms with Crippen LogP contribution in [0, 0.1) is 6.92 Å². The summed E-state index contributed by atoms with van der Waals surface area (Å²) >= 11 is 1.60. The first kappa shape index (κ1) is 21.4. The molecule has 7 nitrogen and oxygen atoms in total. The molecular formula is C26H21N5O2S. The van der Waals surface area contributed by atoms with E-state index >= 15 is 0 Å². The number of thiophene rings is 1. The molecule has 0 aliphatic heterocycles. The first-order valence-corrected chi connectivity index (χ1v) is 11.5. The summed E-state index contributed by atoms with van der Waals surface area (Å²) in [6, 6.07) is 21.0. The third kappa shape index (κ3) is 4.39. The van der Waals surface area contributed by atoms with Crippen molar-refractivity contribution in [2.75, 3.05) is 5.32 Å². The summed E-state index contributed by atoms with van der Waals surface area (Å²) in [5.74, 6) is -0.278. The Balaban J connectivity index is 1.39. The molecule has 2 N–H and O–H groups in total. The molecule has 34 heavy (non-hydrogen) atoms. The minimum absolute atomic E-state index is 0.225. The number of H-pyrrole nitrogens is 1. The molecule has 0 aliphatic rings. The highest BCUT2D eigenvalue weighted by Gasteiger charge is 2.12. The fourth-order valence-corrected chi connectivity index (χ4v) is 4.41. The van der Waals surface area contributed by atoms with Crippen molar-refractivity contribution in [1.82, 2.24) is 19.3 Å². The Morgan fingerprint density at radius 3 is 2.62 bits per heavy atom. The molecule has 0 bridgehead atoms. The van der Waals surface area contributed by atoms with Gasteiger partial charge in [-0.25, -0.2) is 9.48 Å². The van der Waals surface area contributed by atoms with E-state index < -0.39 is 0 Å². The third-order valence-electron chi connectivity index (χ3n) is 5.26. The number of para-hydroxylation sites is 1. The van der Waals surface area contributed by atoms with Gasteiger partial charge in [0.1, 0.15) is 5.69 Å². The van der Waals surface area contributed by atoms with E-state index in [1.807, 2.05) is 71.7 Å². The molecule has 168 valence electrons. The quantitative estimate of drug-likeness (QED) is 0.343. The van der Waals surface area contributed by atoms with Crippen LogP contribution in [-0.2, 0) is 4.79 Å². The van der Waals surface area contributed by atoms with Gasteiger partial charge in [-0.15, -0.1) is 11.3 Å². The van der Waals surface area contributed by atoms with Crippen LogP contribution in [0.1, 0.15) is 11.3 Å². The largest absolute Gasteiger partial charge is 0.330 e. The zero-order valence-corrected chi connectivity index (χ0v) is 19.1. The zero-order chi connectivity index (χ0) is 23.5. The van der Waals surface area contributed by atoms with Crippen LogP contribution in [0.25, 0.3) is 28.0 Å². The average molecular weight is 468 g/mol. The zero-order valence-electron chi connectivity index (χ0n) is 18.3. The van der Waals surface area contributed by atoms with E-state index in [-0.39, 0.29) is 11.6 Å². The van der Waals surface area contributed by atoms with Gasteiger partial charge in [0.05, 0.1) is 16.3 Å². The lowest BCUT2D eigenvalue weighted by molar-refractivity contribution is -0.111. The van der Waals surface area contributed by atoms with Crippen LogP contribution < -0.4 is 11.0 Å². The standard InChI is InChI=1S/C26H21N5O2S/c1-18-16-27-26(33)31(18)22-10-5-7-20(15-22)28-24(32)13-12-19-17-30(21-8-3-2-4-9-21)29-25(19)23-11-6-14-34-23/h2-17H,1H3,(H,27,33)(H,28,32)/b13-12+. The SMILES string of the molecule is Cc1c[nH]c(=O)n1-c1cccc(NC(=O)/C=C/c2cn(-c3ccccc3)nc2-c2cccs2)c1. The van der Waals surface area contributed by atoms with Gasteiger partial charge >= 0.3 is 5.69 Å². The summed E-state index contributed by atoms with van der Waals surface area (Å²) in [5.41, 5.74) is 4.42. The van der Waals surface area contributed by atoms with Gasteiger partial charge in [-0.3, -0.25) is 9.36 Å². The van der Waals surface area contributed by atoms with Gasteiger partial charge in [0.15, 0.2) is 0 Å². The molecule has 5 rings (SSSR count). The predicted molar refractivity (Wildman–Crippen MR) is 136 cm³/mol. The number of anilines is 1. The monoisotopic (exact) mass is 467 g/mol. The third-order valence-corrected chi connectivity index (χ3v) is 6.14. The minimum atomic E-state index is -0.278. The molecule has 5 aromatic rings. The number of nitrogens with one attached hydrogen (secondary N) is 2. The van der Waals surface area contributed by atoms with Crippen LogP contribution >= 0.6 is 11.3 Å². The molecule has 0 saturated heterocycles. The van der Waals surface area contributed by atoms with E-state index in [2.05, 4.69) is 10.3 Å². The lowest BCUT2D eigenvalue weighted by Gasteiger charge is -2.07. The molecular weight excluding hydrogens is 446 g/mol. The summed E-state index contributed by atoms with van der Waals surface area (Å²) in [7, 11) is 0. The Kier molecular flexibility index (Phi) is 5.80. The highest BCUT2D eigenvalue weighted by molar-refractivity contribution is 7.13. The maximum atomic E-state index is 12.7. The summed E-state index contributed by atoms with van der Waals surface area (Å²) in [6.07, 6.45) is 6.82. The van der Waals surface area contributed by atoms with Gasteiger partial charge in [-0.2, -0.15) is 5.10 Å². The fraction of sp³-hybridized carbons (Fsp3) is 0.0385. The van der Waals surface area contributed by atoms with Crippen LogP contribution in [0.5, 0.6) is 0 Å². The molecule has 8 heteroatoms. The smallest absolute Gasteiger partial charge is 0.322 e. The molecule has 1 amide bonds. The van der Waals surface area contributed by atoms with Gasteiger partial charge in [-0.05, 0) is 54.8 Å². The number of amides is 1. The predicted octanol–water partition coefficient (Wildman–Crippen LogP) is 5.04. The van der Waals surface area contributed by atoms with Crippen molar-refractivity contribution in [3.8, 4) is 21.9 Å². The number of benzene rings is 2. The van der Waals surface area contributed by atoms with E-state index in [4.69, 9.17) is 5.10 Å². The van der Waals surface area contributed by atoms with E-state index in [1.54, 1.807) is 46.4 Å². The number of carbonyl (C=O) groups excluding carboxylic acids is 1. The van der Waals surface area contributed by atoms with E-state index in [9.17, 15) is 9.59 Å². The lowest BCUT2D eigenvalue weighted by Crippen LogP contribution is -2.16. The van der Waals surface area contributed by atoms with Gasteiger partial charge in [-0.1, -0.05) is 30.3 Å². The Hall–Kier alpha value is -4.43. The fourth-order valence-electron chi connectivity index (χ4n) is 3.68. The highest BCUT2D eigenvalue weighted by atomic mass is 32.1. The number of aromatic nitrogens is 4. The van der Waals surface area contributed by atoms with Crippen LogP contribution in [0.2, 0.25) is 0 Å². The number of hydrogen-bond acceptors (Lipinski definition) is 4. The van der Waals surface area contributed by atoms with Crippen molar-refractivity contribution in [2.45, 2.75) is 6.92 Å². The van der Waals surface area contributed by atoms with E-state index in [1.165, 1.54) is 6.08 Å². The van der Waals surface area contributed by atoms with Crippen LogP contribution in [0.4, 0.5) is 5.69 Å². The van der Waals surface area contributed by atoms with Crippen molar-refractivity contribution >= 4 is 29.0 Å². The first-order valence-electron chi connectivity index (χ1n) is 10.6. The van der Waals surface area contributed by atoms with Gasteiger partial charge in [0.2, 0.25) is 5.91 Å². The van der Waals surface area contributed by atoms with Crippen molar-refractivity contribution in [1.29, 1.82) is 0 Å². The highest BCUT2D eigenvalue weighted by Crippen LogP contribution is 2.28. The summed E-state index contributed by atoms with van der Waals surface area (Å²) in [5, 5.41) is 9.62. The van der Waals surface area contributed by atoms with Crippen molar-refractivity contribution in [3.63, 3.8) is 0 Å². The Bertz CT molecular complexity index is 1520. The lowest BCUT2D eigenvalue weighted by atomic mass is 10.2. The first-order chi connectivity index (χ1) is 16.6. The second-order valence-electron chi connectivity index (χ2n) is 7.63. The number of rotatable bonds is 6. The van der Waals surface area contributed by atoms with Crippen LogP contribution in [0.3, 0.4) is 0 Å². The summed E-state index contributed by atoms with van der Waals surface area (Å²) < 4.78 is 3.36. The molecule has 3 aromatic heterocycles. The number of carbonyl (C=O) groups is 1. The Morgan fingerprint density at radius 1 is 1.06 bits per heavy atom. The topological polar surface area (TPSA) is 84.7 Å². The normalized spacial score (nSPS) is 11.2. The Labute approximate surface area is 199 Å². The van der Waals surface area contributed by atoms with Gasteiger partial charge < -0.3 is 10.3 Å². The van der Waals surface area contributed by atoms with Gasteiger partial charge in [0.25, 0.3) is 0 Å². The molecule has 0 atom stereocenters. The second kappa shape index (κ2) is 9.21. The van der Waals surface area contributed by atoms with Crippen LogP contribution in [0.15, 0.2) is 95.4 Å². The van der Waals surface area contributed by atoms with Crippen molar-refractivity contribution in [2.24, 2.45) is 0 Å². The molecule has 2 aromatic carbocycles. The second-order valence-corrected chi connectivity index (χ2v) is 8.58. The molecule has 0 radical (unpaired) electrons. The van der Waals surface area contributed by atoms with Crippen LogP contribution in [-0.4, -0.2) is 25.2 Å². The molecule has 0 spiro atoms. The minimum Gasteiger partial charge on any atom is -0.322 e. The van der Waals surface area contributed by atoms with Crippen molar-refractivity contribution in [3.05, 3.63) is 112 Å². The number of aryl methyl sites for hydroxylation is 1. The Morgan fingerprint density at radius 2 is 1.88 bits per heavy atom. The maximum absolute atomic E-state index is 12.7. The summed E-state index contributed by atoms with van der Waals surface area (Å²) in [4.78, 5) is 28.5. The maximum Gasteiger partial charge on any atom is 0.330 e. The summed E-state index contributed by atoms with van der Waals surface area (Å²) in [6.45, 7) is 1.84. The molecule has 0 aliphatic carbocycles. The molecule has 0 unspecified atom stereocenters. The van der Waals surface area contributed by atoms with E-state index in [0.29, 0.717) is 11.4 Å². The van der Waals surface area contributed by atoms with Crippen molar-refractivity contribution < 1.29 is 4.79 Å². The molecule has 0 fully saturated rings. The number of nitrogens with zero attached hydrogens (tertiary/aromatic N) is 3.